The van der Waals surface area contributed by atoms with Crippen molar-refractivity contribution >= 4 is 6.09 Å². The number of hydrogen-bond acceptors (Lipinski definition) is 2. The Hall–Kier alpha value is -0.770. The van der Waals surface area contributed by atoms with E-state index in [1.165, 1.54) is 4.90 Å². The van der Waals surface area contributed by atoms with Gasteiger partial charge in [-0.2, -0.15) is 0 Å². The maximum atomic E-state index is 10.9. The Bertz CT molecular complexity index is 173. The van der Waals surface area contributed by atoms with Gasteiger partial charge in [-0.25, -0.2) is 4.79 Å². The molecule has 0 aromatic carbocycles. The van der Waals surface area contributed by atoms with E-state index in [-0.39, 0.29) is 5.54 Å². The number of likely N-dealkylation sites (N-methyl/N-ethyl adjacent to an activating group) is 1. The second-order valence-electron chi connectivity index (χ2n) is 4.41. The average Bonchev–Trinajstić information content (AvgIpc) is 1.81. The monoisotopic (exact) mass is 188 g/mol. The third kappa shape index (κ3) is 4.72. The van der Waals surface area contributed by atoms with Crippen LogP contribution in [0.2, 0.25) is 0 Å². The molecule has 0 aliphatic carbocycles. The predicted octanol–water partition coefficient (Wildman–Crippen LogP) is 1.33. The zero-order valence-electron chi connectivity index (χ0n) is 9.16. The lowest BCUT2D eigenvalue weighted by molar-refractivity contribution is 0.0955. The first-order valence-corrected chi connectivity index (χ1v) is 4.40. The first kappa shape index (κ1) is 12.2. The van der Waals surface area contributed by atoms with Gasteiger partial charge in [0.2, 0.25) is 0 Å². The van der Waals surface area contributed by atoms with E-state index < -0.39 is 6.09 Å². The molecule has 0 radical (unpaired) electrons. The molecule has 0 saturated heterocycles. The van der Waals surface area contributed by atoms with Gasteiger partial charge >= 0.3 is 6.09 Å². The normalized spacial score (nSPS) is 11.8. The molecule has 0 aliphatic rings. The molecule has 1 amide bonds. The maximum Gasteiger partial charge on any atom is 0.407 e. The fraction of sp³-hybridized carbons (Fsp3) is 0.889. The maximum absolute atomic E-state index is 10.9. The van der Waals surface area contributed by atoms with Crippen molar-refractivity contribution in [3.05, 3.63) is 0 Å². The lowest BCUT2D eigenvalue weighted by atomic mass is 10.1. The zero-order valence-corrected chi connectivity index (χ0v) is 9.16. The van der Waals surface area contributed by atoms with Gasteiger partial charge in [-0.15, -0.1) is 0 Å². The largest absolute Gasteiger partial charge is 0.465 e. The van der Waals surface area contributed by atoms with Crippen molar-refractivity contribution in [3.8, 4) is 0 Å². The second kappa shape index (κ2) is 4.46. The van der Waals surface area contributed by atoms with Crippen LogP contribution in [0.4, 0.5) is 4.79 Å². The summed E-state index contributed by atoms with van der Waals surface area (Å²) in [6.07, 6.45) is -0.852. The Morgan fingerprint density at radius 2 is 1.69 bits per heavy atom. The number of amides is 1. The summed E-state index contributed by atoms with van der Waals surface area (Å²) < 4.78 is 0. The van der Waals surface area contributed by atoms with Gasteiger partial charge in [-0.05, 0) is 34.9 Å². The van der Waals surface area contributed by atoms with Gasteiger partial charge in [0.15, 0.2) is 0 Å². The van der Waals surface area contributed by atoms with Gasteiger partial charge < -0.3 is 14.9 Å². The van der Waals surface area contributed by atoms with E-state index in [2.05, 4.69) is 0 Å². The highest BCUT2D eigenvalue weighted by Crippen LogP contribution is 2.12. The van der Waals surface area contributed by atoms with Gasteiger partial charge in [0.1, 0.15) is 0 Å². The van der Waals surface area contributed by atoms with E-state index in [9.17, 15) is 4.79 Å². The fourth-order valence-corrected chi connectivity index (χ4v) is 1.02. The zero-order chi connectivity index (χ0) is 10.6. The van der Waals surface area contributed by atoms with Crippen LogP contribution in [0.5, 0.6) is 0 Å². The predicted molar refractivity (Wildman–Crippen MR) is 53.0 cm³/mol. The van der Waals surface area contributed by atoms with Crippen LogP contribution in [0, 0.1) is 0 Å². The molecule has 4 nitrogen and oxygen atoms in total. The van der Waals surface area contributed by atoms with Crippen LogP contribution < -0.4 is 0 Å². The van der Waals surface area contributed by atoms with E-state index in [0.29, 0.717) is 6.54 Å². The molecule has 0 bridgehead atoms. The molecule has 0 aromatic rings. The van der Waals surface area contributed by atoms with Crippen molar-refractivity contribution in [2.24, 2.45) is 0 Å². The summed E-state index contributed by atoms with van der Waals surface area (Å²) in [6.45, 7) is 7.00. The van der Waals surface area contributed by atoms with Crippen LogP contribution in [-0.2, 0) is 0 Å². The summed E-state index contributed by atoms with van der Waals surface area (Å²) in [5, 5.41) is 8.93. The SMILES string of the molecule is CN(C)CCN(C(=O)O)C(C)(C)C. The van der Waals surface area contributed by atoms with E-state index in [0.717, 1.165) is 6.54 Å². The number of nitrogens with zero attached hydrogens (tertiary/aromatic N) is 2. The summed E-state index contributed by atoms with van der Waals surface area (Å²) in [6, 6.07) is 0. The molecular weight excluding hydrogens is 168 g/mol. The Kier molecular flexibility index (Phi) is 4.20. The Morgan fingerprint density at radius 1 is 1.23 bits per heavy atom. The van der Waals surface area contributed by atoms with E-state index in [1.54, 1.807) is 0 Å². The minimum absolute atomic E-state index is 0.318. The third-order valence-corrected chi connectivity index (χ3v) is 1.81. The molecule has 0 fully saturated rings. The van der Waals surface area contributed by atoms with Gasteiger partial charge in [0, 0.05) is 18.6 Å². The van der Waals surface area contributed by atoms with E-state index in [1.807, 2.05) is 39.8 Å². The Morgan fingerprint density at radius 3 is 1.92 bits per heavy atom. The highest BCUT2D eigenvalue weighted by molar-refractivity contribution is 5.65. The molecule has 0 unspecified atom stereocenters. The van der Waals surface area contributed by atoms with E-state index in [4.69, 9.17) is 5.11 Å². The lowest BCUT2D eigenvalue weighted by Crippen LogP contribution is -2.47. The summed E-state index contributed by atoms with van der Waals surface area (Å²) in [5.74, 6) is 0. The molecule has 0 aliphatic heterocycles. The summed E-state index contributed by atoms with van der Waals surface area (Å²) in [7, 11) is 3.87. The first-order chi connectivity index (χ1) is 5.75. The highest BCUT2D eigenvalue weighted by atomic mass is 16.4. The van der Waals surface area contributed by atoms with Gasteiger partial charge in [0.05, 0.1) is 0 Å². The van der Waals surface area contributed by atoms with Crippen LogP contribution in [0.25, 0.3) is 0 Å². The molecule has 0 heterocycles. The molecule has 0 rings (SSSR count). The summed E-state index contributed by atoms with van der Waals surface area (Å²) in [4.78, 5) is 14.3. The molecule has 0 spiro atoms. The summed E-state index contributed by atoms with van der Waals surface area (Å²) >= 11 is 0. The smallest absolute Gasteiger partial charge is 0.407 e. The molecule has 0 aromatic heterocycles. The van der Waals surface area contributed by atoms with Crippen molar-refractivity contribution < 1.29 is 9.90 Å². The first-order valence-electron chi connectivity index (χ1n) is 4.40. The van der Waals surface area contributed by atoms with Crippen LogP contribution in [0.15, 0.2) is 0 Å². The van der Waals surface area contributed by atoms with Crippen LogP contribution >= 0.6 is 0 Å². The second-order valence-corrected chi connectivity index (χ2v) is 4.41. The number of carboxylic acid groups (broad SMARTS) is 1. The number of rotatable bonds is 3. The lowest BCUT2D eigenvalue weighted by Gasteiger charge is -2.33. The minimum atomic E-state index is -0.852. The van der Waals surface area contributed by atoms with Gasteiger partial charge in [-0.1, -0.05) is 0 Å². The number of hydrogen-bond donors (Lipinski definition) is 1. The van der Waals surface area contributed by atoms with E-state index >= 15 is 0 Å². The molecular formula is C9H20N2O2. The van der Waals surface area contributed by atoms with Crippen molar-refractivity contribution in [3.63, 3.8) is 0 Å². The molecule has 78 valence electrons. The molecule has 1 N–H and O–H groups in total. The minimum Gasteiger partial charge on any atom is -0.465 e. The Labute approximate surface area is 80.1 Å². The van der Waals surface area contributed by atoms with Gasteiger partial charge in [0.25, 0.3) is 0 Å². The summed E-state index contributed by atoms with van der Waals surface area (Å²) in [5.41, 5.74) is -0.318. The number of carbonyl (C=O) groups is 1. The fourth-order valence-electron chi connectivity index (χ4n) is 1.02. The van der Waals surface area contributed by atoms with Crippen molar-refractivity contribution in [1.29, 1.82) is 0 Å². The molecule has 0 saturated carbocycles. The van der Waals surface area contributed by atoms with Crippen LogP contribution in [0.3, 0.4) is 0 Å². The highest BCUT2D eigenvalue weighted by Gasteiger charge is 2.25. The molecule has 4 heteroatoms. The van der Waals surface area contributed by atoms with Crippen LogP contribution in [-0.4, -0.2) is 53.7 Å². The van der Waals surface area contributed by atoms with Crippen LogP contribution in [0.1, 0.15) is 20.8 Å². The molecule has 13 heavy (non-hydrogen) atoms. The standard InChI is InChI=1S/C9H20N2O2/c1-9(2,3)11(8(12)13)7-6-10(4)5/h6-7H2,1-5H3,(H,12,13). The van der Waals surface area contributed by atoms with Crippen molar-refractivity contribution in [2.45, 2.75) is 26.3 Å². The quantitative estimate of drug-likeness (QED) is 0.726. The van der Waals surface area contributed by atoms with Gasteiger partial charge in [-0.3, -0.25) is 0 Å². The van der Waals surface area contributed by atoms with Crippen molar-refractivity contribution in [1.82, 2.24) is 9.80 Å². The van der Waals surface area contributed by atoms with Crippen molar-refractivity contribution in [2.75, 3.05) is 27.2 Å². The molecule has 0 atom stereocenters. The Balaban J connectivity index is 4.20. The topological polar surface area (TPSA) is 43.8 Å². The third-order valence-electron chi connectivity index (χ3n) is 1.81. The average molecular weight is 188 g/mol.